The van der Waals surface area contributed by atoms with Crippen molar-refractivity contribution in [1.29, 1.82) is 0 Å². The summed E-state index contributed by atoms with van der Waals surface area (Å²) in [5.41, 5.74) is 0.849. The number of carbonyl (C=O) groups is 1. The standard InChI is InChI=1S/C19H30N2O2/c1-14-11-17(20-18(22)23-19(3,4)5)15(2)21(12-14)13-16-9-7-6-8-10-16/h6-10,14-15,17H,11-13H2,1-5H3,(H,20,22)/t14-,15-,17+/m0/s1. The van der Waals surface area contributed by atoms with Crippen LogP contribution in [0.1, 0.15) is 46.6 Å². The smallest absolute Gasteiger partial charge is 0.407 e. The number of piperidine rings is 1. The van der Waals surface area contributed by atoms with Crippen LogP contribution in [0.5, 0.6) is 0 Å². The third-order valence-corrected chi connectivity index (χ3v) is 4.29. The van der Waals surface area contributed by atoms with Crippen LogP contribution in [0.4, 0.5) is 4.79 Å². The molecule has 1 aromatic carbocycles. The molecule has 1 heterocycles. The molecule has 0 bridgehead atoms. The van der Waals surface area contributed by atoms with Gasteiger partial charge in [-0.15, -0.1) is 0 Å². The number of hydrogen-bond acceptors (Lipinski definition) is 3. The second kappa shape index (κ2) is 7.35. The van der Waals surface area contributed by atoms with Crippen molar-refractivity contribution in [2.45, 2.75) is 65.3 Å². The summed E-state index contributed by atoms with van der Waals surface area (Å²) < 4.78 is 5.41. The lowest BCUT2D eigenvalue weighted by molar-refractivity contribution is 0.0363. The van der Waals surface area contributed by atoms with Gasteiger partial charge in [0.15, 0.2) is 0 Å². The van der Waals surface area contributed by atoms with E-state index >= 15 is 0 Å². The lowest BCUT2D eigenvalue weighted by Gasteiger charge is -2.42. The monoisotopic (exact) mass is 318 g/mol. The van der Waals surface area contributed by atoms with Gasteiger partial charge in [0, 0.05) is 25.2 Å². The highest BCUT2D eigenvalue weighted by Crippen LogP contribution is 2.24. The molecule has 3 atom stereocenters. The maximum absolute atomic E-state index is 12.1. The molecule has 4 heteroatoms. The summed E-state index contributed by atoms with van der Waals surface area (Å²) in [7, 11) is 0. The Morgan fingerprint density at radius 1 is 1.26 bits per heavy atom. The molecule has 4 nitrogen and oxygen atoms in total. The largest absolute Gasteiger partial charge is 0.444 e. The Balaban J connectivity index is 1.99. The molecule has 1 saturated heterocycles. The molecule has 1 amide bonds. The molecule has 128 valence electrons. The molecule has 1 aliphatic heterocycles. The summed E-state index contributed by atoms with van der Waals surface area (Å²) in [5, 5.41) is 3.07. The van der Waals surface area contributed by atoms with E-state index in [1.165, 1.54) is 5.56 Å². The van der Waals surface area contributed by atoms with E-state index in [-0.39, 0.29) is 12.1 Å². The molecule has 1 aromatic rings. The average molecular weight is 318 g/mol. The first-order chi connectivity index (χ1) is 10.7. The number of nitrogens with zero attached hydrogens (tertiary/aromatic N) is 1. The Kier molecular flexibility index (Phi) is 5.69. The molecule has 1 N–H and O–H groups in total. The fraction of sp³-hybridized carbons (Fsp3) is 0.632. The van der Waals surface area contributed by atoms with Crippen LogP contribution in [-0.4, -0.2) is 35.2 Å². The molecule has 0 radical (unpaired) electrons. The lowest BCUT2D eigenvalue weighted by Crippen LogP contribution is -2.56. The Labute approximate surface area is 140 Å². The van der Waals surface area contributed by atoms with E-state index in [1.54, 1.807) is 0 Å². The van der Waals surface area contributed by atoms with Crippen molar-refractivity contribution in [3.8, 4) is 0 Å². The van der Waals surface area contributed by atoms with Gasteiger partial charge in [-0.25, -0.2) is 4.79 Å². The number of hydrogen-bond donors (Lipinski definition) is 1. The zero-order valence-corrected chi connectivity index (χ0v) is 15.0. The number of nitrogens with one attached hydrogen (secondary N) is 1. The first kappa shape index (κ1) is 17.8. The molecule has 1 aliphatic rings. The second-order valence-corrected chi connectivity index (χ2v) is 7.75. The predicted octanol–water partition coefficient (Wildman–Crippen LogP) is 3.81. The molecule has 0 unspecified atom stereocenters. The summed E-state index contributed by atoms with van der Waals surface area (Å²) >= 11 is 0. The van der Waals surface area contributed by atoms with Crippen LogP contribution in [0, 0.1) is 5.92 Å². The number of benzene rings is 1. The highest BCUT2D eigenvalue weighted by atomic mass is 16.6. The van der Waals surface area contributed by atoms with Gasteiger partial charge in [-0.1, -0.05) is 37.3 Å². The summed E-state index contributed by atoms with van der Waals surface area (Å²) in [6.07, 6.45) is 0.675. The van der Waals surface area contributed by atoms with E-state index in [9.17, 15) is 4.79 Å². The van der Waals surface area contributed by atoms with Gasteiger partial charge in [-0.3, -0.25) is 4.90 Å². The average Bonchev–Trinajstić information content (AvgIpc) is 2.43. The minimum Gasteiger partial charge on any atom is -0.444 e. The fourth-order valence-corrected chi connectivity index (χ4v) is 3.19. The lowest BCUT2D eigenvalue weighted by atomic mass is 9.90. The molecule has 2 rings (SSSR count). The normalized spacial score (nSPS) is 25.9. The van der Waals surface area contributed by atoms with Crippen LogP contribution >= 0.6 is 0 Å². The number of rotatable bonds is 3. The van der Waals surface area contributed by atoms with E-state index in [0.29, 0.717) is 12.0 Å². The quantitative estimate of drug-likeness (QED) is 0.921. The molecule has 1 fully saturated rings. The van der Waals surface area contributed by atoms with Crippen LogP contribution in [-0.2, 0) is 11.3 Å². The van der Waals surface area contributed by atoms with Gasteiger partial charge in [0.25, 0.3) is 0 Å². The summed E-state index contributed by atoms with van der Waals surface area (Å²) in [4.78, 5) is 14.5. The molecular formula is C19H30N2O2. The van der Waals surface area contributed by atoms with Crippen LogP contribution in [0.2, 0.25) is 0 Å². The SMILES string of the molecule is C[C@H]1C[C@@H](NC(=O)OC(C)(C)C)[C@H](C)N(Cc2ccccc2)C1. The first-order valence-corrected chi connectivity index (χ1v) is 8.52. The highest BCUT2D eigenvalue weighted by molar-refractivity contribution is 5.68. The third kappa shape index (κ3) is 5.54. The van der Waals surface area contributed by atoms with Crippen LogP contribution < -0.4 is 5.32 Å². The Bertz CT molecular complexity index is 510. The summed E-state index contributed by atoms with van der Waals surface area (Å²) in [6, 6.07) is 10.9. The maximum Gasteiger partial charge on any atom is 0.407 e. The molecule has 0 saturated carbocycles. The Morgan fingerprint density at radius 3 is 2.52 bits per heavy atom. The van der Waals surface area contributed by atoms with Crippen molar-refractivity contribution in [3.05, 3.63) is 35.9 Å². The number of carbonyl (C=O) groups excluding carboxylic acids is 1. The Morgan fingerprint density at radius 2 is 1.91 bits per heavy atom. The molecule has 0 aliphatic carbocycles. The topological polar surface area (TPSA) is 41.6 Å². The molecular weight excluding hydrogens is 288 g/mol. The third-order valence-electron chi connectivity index (χ3n) is 4.29. The van der Waals surface area contributed by atoms with Crippen LogP contribution in [0.3, 0.4) is 0 Å². The van der Waals surface area contributed by atoms with Crippen molar-refractivity contribution >= 4 is 6.09 Å². The van der Waals surface area contributed by atoms with Gasteiger partial charge in [-0.05, 0) is 45.6 Å². The molecule has 0 aromatic heterocycles. The van der Waals surface area contributed by atoms with Gasteiger partial charge >= 0.3 is 6.09 Å². The van der Waals surface area contributed by atoms with E-state index in [0.717, 1.165) is 19.5 Å². The number of alkyl carbamates (subject to hydrolysis) is 1. The predicted molar refractivity (Wildman–Crippen MR) is 93.3 cm³/mol. The van der Waals surface area contributed by atoms with Crippen molar-refractivity contribution in [3.63, 3.8) is 0 Å². The van der Waals surface area contributed by atoms with E-state index in [4.69, 9.17) is 4.74 Å². The minimum absolute atomic E-state index is 0.123. The number of ether oxygens (including phenoxy) is 1. The minimum atomic E-state index is -0.461. The van der Waals surface area contributed by atoms with E-state index in [1.807, 2.05) is 26.8 Å². The molecule has 23 heavy (non-hydrogen) atoms. The van der Waals surface area contributed by atoms with E-state index in [2.05, 4.69) is 48.3 Å². The van der Waals surface area contributed by atoms with Gasteiger partial charge in [0.2, 0.25) is 0 Å². The number of amides is 1. The number of likely N-dealkylation sites (tertiary alicyclic amines) is 1. The Hall–Kier alpha value is -1.55. The van der Waals surface area contributed by atoms with Crippen LogP contribution in [0.25, 0.3) is 0 Å². The van der Waals surface area contributed by atoms with Gasteiger partial charge in [-0.2, -0.15) is 0 Å². The first-order valence-electron chi connectivity index (χ1n) is 8.52. The van der Waals surface area contributed by atoms with Crippen molar-refractivity contribution in [1.82, 2.24) is 10.2 Å². The van der Waals surface area contributed by atoms with Crippen molar-refractivity contribution < 1.29 is 9.53 Å². The van der Waals surface area contributed by atoms with E-state index < -0.39 is 5.60 Å². The summed E-state index contributed by atoms with van der Waals surface area (Å²) in [5.74, 6) is 0.551. The second-order valence-electron chi connectivity index (χ2n) is 7.75. The maximum atomic E-state index is 12.1. The van der Waals surface area contributed by atoms with Crippen LogP contribution in [0.15, 0.2) is 30.3 Å². The molecule has 0 spiro atoms. The summed E-state index contributed by atoms with van der Waals surface area (Å²) in [6.45, 7) is 12.1. The van der Waals surface area contributed by atoms with Gasteiger partial charge in [0.1, 0.15) is 5.60 Å². The highest BCUT2D eigenvalue weighted by Gasteiger charge is 2.33. The van der Waals surface area contributed by atoms with Gasteiger partial charge < -0.3 is 10.1 Å². The fourth-order valence-electron chi connectivity index (χ4n) is 3.19. The zero-order valence-electron chi connectivity index (χ0n) is 15.0. The van der Waals surface area contributed by atoms with Crippen molar-refractivity contribution in [2.24, 2.45) is 5.92 Å². The zero-order chi connectivity index (χ0) is 17.0. The van der Waals surface area contributed by atoms with Gasteiger partial charge in [0.05, 0.1) is 0 Å². The van der Waals surface area contributed by atoms with Crippen molar-refractivity contribution in [2.75, 3.05) is 6.54 Å².